The predicted octanol–water partition coefficient (Wildman–Crippen LogP) is 2.31. The van der Waals surface area contributed by atoms with E-state index in [0.717, 1.165) is 5.56 Å². The molecule has 1 heterocycles. The van der Waals surface area contributed by atoms with E-state index in [2.05, 4.69) is 11.1 Å². The van der Waals surface area contributed by atoms with Gasteiger partial charge in [-0.2, -0.15) is 5.26 Å². The largest absolute Gasteiger partial charge is 0.461 e. The van der Waals surface area contributed by atoms with Crippen molar-refractivity contribution in [3.05, 3.63) is 53.2 Å². The minimum absolute atomic E-state index is 0.162. The number of rotatable bonds is 4. The highest BCUT2D eigenvalue weighted by Gasteiger charge is 2.18. The summed E-state index contributed by atoms with van der Waals surface area (Å²) in [6, 6.07) is 9.25. The summed E-state index contributed by atoms with van der Waals surface area (Å²) in [7, 11) is 0. The number of aromatic nitrogens is 1. The maximum absolute atomic E-state index is 11.7. The van der Waals surface area contributed by atoms with Crippen molar-refractivity contribution >= 4 is 5.97 Å². The van der Waals surface area contributed by atoms with Gasteiger partial charge in [0.2, 0.25) is 0 Å². The maximum atomic E-state index is 11.7. The Kier molecular flexibility index (Phi) is 3.94. The Morgan fingerprint density at radius 2 is 2.26 bits per heavy atom. The van der Waals surface area contributed by atoms with E-state index in [9.17, 15) is 4.79 Å². The molecule has 19 heavy (non-hydrogen) atoms. The van der Waals surface area contributed by atoms with E-state index >= 15 is 0 Å². The zero-order chi connectivity index (χ0) is 13.7. The monoisotopic (exact) mass is 256 g/mol. The minimum Gasteiger partial charge on any atom is -0.461 e. The van der Waals surface area contributed by atoms with Crippen molar-refractivity contribution in [1.29, 1.82) is 5.26 Å². The van der Waals surface area contributed by atoms with Crippen LogP contribution in [0.2, 0.25) is 0 Å². The number of benzene rings is 1. The predicted molar refractivity (Wildman–Crippen MR) is 66.4 cm³/mol. The zero-order valence-electron chi connectivity index (χ0n) is 10.4. The number of carbonyl (C=O) groups is 1. The second-order valence-corrected chi connectivity index (χ2v) is 3.79. The van der Waals surface area contributed by atoms with Crippen LogP contribution in [0.4, 0.5) is 0 Å². The van der Waals surface area contributed by atoms with Crippen LogP contribution in [0.15, 0.2) is 35.1 Å². The van der Waals surface area contributed by atoms with Crippen molar-refractivity contribution in [2.24, 2.45) is 0 Å². The molecular weight excluding hydrogens is 244 g/mol. The Balaban J connectivity index is 2.27. The van der Waals surface area contributed by atoms with E-state index in [1.807, 2.05) is 12.1 Å². The number of nitriles is 1. The van der Waals surface area contributed by atoms with Gasteiger partial charge in [-0.1, -0.05) is 18.2 Å². The van der Waals surface area contributed by atoms with Crippen LogP contribution in [0.1, 0.15) is 34.3 Å². The van der Waals surface area contributed by atoms with Crippen molar-refractivity contribution in [2.75, 3.05) is 6.61 Å². The molecule has 0 aliphatic rings. The van der Waals surface area contributed by atoms with Gasteiger partial charge in [0, 0.05) is 6.42 Å². The Hall–Kier alpha value is -2.61. The molecule has 1 aromatic carbocycles. The van der Waals surface area contributed by atoms with Gasteiger partial charge in [0.25, 0.3) is 0 Å². The Bertz CT molecular complexity index is 626. The second-order valence-electron chi connectivity index (χ2n) is 3.79. The number of nitrogens with zero attached hydrogens (tertiary/aromatic N) is 2. The van der Waals surface area contributed by atoms with E-state index in [1.54, 1.807) is 19.1 Å². The molecule has 0 bridgehead atoms. The van der Waals surface area contributed by atoms with Crippen LogP contribution in [0, 0.1) is 11.3 Å². The van der Waals surface area contributed by atoms with Crippen LogP contribution < -0.4 is 0 Å². The average molecular weight is 256 g/mol. The van der Waals surface area contributed by atoms with Gasteiger partial charge in [-0.05, 0) is 18.6 Å². The lowest BCUT2D eigenvalue weighted by Crippen LogP contribution is -2.08. The van der Waals surface area contributed by atoms with E-state index in [4.69, 9.17) is 14.4 Å². The molecule has 1 aromatic heterocycles. The fraction of sp³-hybridized carbons (Fsp3) is 0.214. The molecule has 5 nitrogen and oxygen atoms in total. The Morgan fingerprint density at radius 3 is 3.00 bits per heavy atom. The van der Waals surface area contributed by atoms with E-state index < -0.39 is 5.97 Å². The first-order valence-electron chi connectivity index (χ1n) is 5.83. The fourth-order valence-corrected chi connectivity index (χ4v) is 1.72. The molecule has 96 valence electrons. The average Bonchev–Trinajstić information content (AvgIpc) is 2.88. The summed E-state index contributed by atoms with van der Waals surface area (Å²) in [6.07, 6.45) is 1.54. The molecule has 5 heteroatoms. The molecule has 0 aliphatic heterocycles. The van der Waals surface area contributed by atoms with Gasteiger partial charge in [0.1, 0.15) is 5.76 Å². The summed E-state index contributed by atoms with van der Waals surface area (Å²) in [4.78, 5) is 15.5. The van der Waals surface area contributed by atoms with Gasteiger partial charge in [-0.25, -0.2) is 9.78 Å². The normalized spacial score (nSPS) is 9.89. The highest BCUT2D eigenvalue weighted by molar-refractivity contribution is 5.88. The molecule has 0 aliphatic carbocycles. The van der Waals surface area contributed by atoms with Crippen molar-refractivity contribution in [2.45, 2.75) is 13.3 Å². The molecule has 2 aromatic rings. The molecule has 0 saturated heterocycles. The highest BCUT2D eigenvalue weighted by Crippen LogP contribution is 2.17. The Morgan fingerprint density at radius 1 is 1.47 bits per heavy atom. The summed E-state index contributed by atoms with van der Waals surface area (Å²) < 4.78 is 10.1. The van der Waals surface area contributed by atoms with E-state index in [-0.39, 0.29) is 12.3 Å². The van der Waals surface area contributed by atoms with E-state index in [1.165, 1.54) is 6.39 Å². The number of ether oxygens (including phenoxy) is 1. The second kappa shape index (κ2) is 5.83. The van der Waals surface area contributed by atoms with Crippen LogP contribution in [-0.2, 0) is 11.2 Å². The van der Waals surface area contributed by atoms with Crippen LogP contribution >= 0.6 is 0 Å². The van der Waals surface area contributed by atoms with Gasteiger partial charge in [0.05, 0.1) is 18.2 Å². The summed E-state index contributed by atoms with van der Waals surface area (Å²) in [5.41, 5.74) is 1.50. The standard InChI is InChI=1S/C14H12N2O3/c1-2-18-14(17)13-12(19-9-16-13)7-10-5-3-4-6-11(10)8-15/h3-6,9H,2,7H2,1H3. The van der Waals surface area contributed by atoms with Crippen LogP contribution in [0.5, 0.6) is 0 Å². The van der Waals surface area contributed by atoms with Crippen LogP contribution in [-0.4, -0.2) is 17.6 Å². The molecule has 0 saturated carbocycles. The molecule has 0 N–H and O–H groups in total. The maximum Gasteiger partial charge on any atom is 0.360 e. The van der Waals surface area contributed by atoms with Gasteiger partial charge < -0.3 is 9.15 Å². The SMILES string of the molecule is CCOC(=O)c1ncoc1Cc1ccccc1C#N. The first-order valence-corrected chi connectivity index (χ1v) is 5.83. The molecular formula is C14H12N2O3. The smallest absolute Gasteiger partial charge is 0.360 e. The molecule has 0 amide bonds. The number of hydrogen-bond donors (Lipinski definition) is 0. The third-order valence-electron chi connectivity index (χ3n) is 2.60. The lowest BCUT2D eigenvalue weighted by molar-refractivity contribution is 0.0518. The van der Waals surface area contributed by atoms with Crippen molar-refractivity contribution in [3.63, 3.8) is 0 Å². The zero-order valence-corrected chi connectivity index (χ0v) is 10.4. The van der Waals surface area contributed by atoms with Crippen LogP contribution in [0.25, 0.3) is 0 Å². The summed E-state index contributed by atoms with van der Waals surface area (Å²) in [5, 5.41) is 9.02. The van der Waals surface area contributed by atoms with E-state index in [0.29, 0.717) is 17.7 Å². The molecule has 2 rings (SSSR count). The summed E-state index contributed by atoms with van der Waals surface area (Å²) >= 11 is 0. The fourth-order valence-electron chi connectivity index (χ4n) is 1.72. The number of hydrogen-bond acceptors (Lipinski definition) is 5. The molecule has 0 fully saturated rings. The summed E-state index contributed by atoms with van der Waals surface area (Å²) in [6.45, 7) is 2.00. The van der Waals surface area contributed by atoms with Crippen molar-refractivity contribution in [1.82, 2.24) is 4.98 Å². The van der Waals surface area contributed by atoms with Gasteiger partial charge in [-0.15, -0.1) is 0 Å². The number of oxazole rings is 1. The Labute approximate surface area is 110 Å². The first-order chi connectivity index (χ1) is 9.26. The van der Waals surface area contributed by atoms with Crippen LogP contribution in [0.3, 0.4) is 0 Å². The lowest BCUT2D eigenvalue weighted by Gasteiger charge is -2.03. The molecule has 0 unspecified atom stereocenters. The lowest BCUT2D eigenvalue weighted by atomic mass is 10.0. The molecule has 0 spiro atoms. The molecule has 0 radical (unpaired) electrons. The van der Waals surface area contributed by atoms with Gasteiger partial charge >= 0.3 is 5.97 Å². The van der Waals surface area contributed by atoms with Crippen molar-refractivity contribution < 1.29 is 13.9 Å². The molecule has 0 atom stereocenters. The summed E-state index contributed by atoms with van der Waals surface area (Å²) in [5.74, 6) is -0.109. The quantitative estimate of drug-likeness (QED) is 0.784. The number of carbonyl (C=O) groups excluding carboxylic acids is 1. The number of esters is 1. The van der Waals surface area contributed by atoms with Gasteiger partial charge in [-0.3, -0.25) is 0 Å². The van der Waals surface area contributed by atoms with Gasteiger partial charge in [0.15, 0.2) is 12.1 Å². The topological polar surface area (TPSA) is 76.1 Å². The minimum atomic E-state index is -0.513. The first kappa shape index (κ1) is 12.8. The third kappa shape index (κ3) is 2.80. The van der Waals surface area contributed by atoms with Crippen molar-refractivity contribution in [3.8, 4) is 6.07 Å². The third-order valence-corrected chi connectivity index (χ3v) is 2.60. The highest BCUT2D eigenvalue weighted by atomic mass is 16.5.